The van der Waals surface area contributed by atoms with Crippen molar-refractivity contribution < 1.29 is 0 Å². The van der Waals surface area contributed by atoms with Gasteiger partial charge in [0.25, 0.3) is 0 Å². The van der Waals surface area contributed by atoms with E-state index in [2.05, 4.69) is 47.4 Å². The van der Waals surface area contributed by atoms with Gasteiger partial charge in [-0.2, -0.15) is 0 Å². The average Bonchev–Trinajstić information content (AvgIpc) is 2.74. The lowest BCUT2D eigenvalue weighted by molar-refractivity contribution is 0.457. The Bertz CT molecular complexity index is 54.4. The molecule has 0 heteroatoms. The van der Waals surface area contributed by atoms with Gasteiger partial charge in [-0.25, -0.2) is 0 Å². The first kappa shape index (κ1) is 64.4. The molecule has 0 rings (SSSR count). The summed E-state index contributed by atoms with van der Waals surface area (Å²) in [7, 11) is 0. The fourth-order valence-electron chi connectivity index (χ4n) is 0. The molecule has 0 spiro atoms. The summed E-state index contributed by atoms with van der Waals surface area (Å²) in [5.41, 5.74) is 0. The summed E-state index contributed by atoms with van der Waals surface area (Å²) in [6.45, 7) is 48.2. The van der Waals surface area contributed by atoms with Gasteiger partial charge in [0.2, 0.25) is 0 Å². The van der Waals surface area contributed by atoms with E-state index in [4.69, 9.17) is 0 Å². The minimum Gasteiger partial charge on any atom is -0.106 e. The molecule has 0 atom stereocenters. The molecule has 0 bridgehead atoms. The van der Waals surface area contributed by atoms with Crippen LogP contribution in [-0.4, -0.2) is 0 Å². The molecular formula is C25H66. The van der Waals surface area contributed by atoms with Crippen LogP contribution in [0.3, 0.4) is 0 Å². The number of hydrogen-bond donors (Lipinski definition) is 0. The normalized spacial score (nSPS) is 5.00. The van der Waals surface area contributed by atoms with Crippen LogP contribution in [-0.2, 0) is 0 Å². The molecule has 0 fully saturated rings. The van der Waals surface area contributed by atoms with Gasteiger partial charge in [-0.1, -0.05) is 131 Å². The highest BCUT2D eigenvalue weighted by Crippen LogP contribution is 2.05. The van der Waals surface area contributed by atoms with Crippen LogP contribution in [0.25, 0.3) is 0 Å². The summed E-state index contributed by atoms with van der Waals surface area (Å²) >= 11 is 0. The summed E-state index contributed by atoms with van der Waals surface area (Å²) in [6.07, 6.45) is 1.75. The molecule has 0 N–H and O–H groups in total. The van der Waals surface area contributed by atoms with Crippen molar-refractivity contribution in [1.29, 1.82) is 0 Å². The van der Waals surface area contributed by atoms with Crippen molar-refractivity contribution in [2.75, 3.05) is 0 Å². The Morgan fingerprint density at radius 3 is 0.480 bits per heavy atom. The number of allylic oxidation sites excluding steroid dienone is 1. The quantitative estimate of drug-likeness (QED) is 0.404. The minimum absolute atomic E-state index is 0.852. The lowest BCUT2D eigenvalue weighted by Gasteiger charge is -2.05. The predicted octanol–water partition coefficient (Wildman–Crippen LogP) is 11.5. The lowest BCUT2D eigenvalue weighted by atomic mass is 10.0. The molecule has 0 saturated carbocycles. The topological polar surface area (TPSA) is 0 Å². The third-order valence-electron chi connectivity index (χ3n) is 1.33. The third-order valence-corrected chi connectivity index (χ3v) is 1.33. The molecule has 0 aliphatic carbocycles. The predicted molar refractivity (Wildman–Crippen MR) is 136 cm³/mol. The van der Waals surface area contributed by atoms with Crippen LogP contribution in [0.4, 0.5) is 0 Å². The molecule has 0 aliphatic rings. The van der Waals surface area contributed by atoms with Gasteiger partial charge < -0.3 is 0 Å². The van der Waals surface area contributed by atoms with E-state index >= 15 is 0 Å². The maximum absolute atomic E-state index is 3.36. The standard InChI is InChI=1S/C6H14.C3H6.7C2H6.C2H4/c1-5(2)6(3)4;1-3-2;8*1-2/h5-6H,1-4H3;3H,1H2,2H3;7*1-2H3;1-2H2. The van der Waals surface area contributed by atoms with E-state index in [-0.39, 0.29) is 0 Å². The van der Waals surface area contributed by atoms with Crippen molar-refractivity contribution in [3.63, 3.8) is 0 Å². The summed E-state index contributed by atoms with van der Waals surface area (Å²) < 4.78 is 0. The van der Waals surface area contributed by atoms with Crippen LogP contribution in [0.2, 0.25) is 0 Å². The average molecular weight is 367 g/mol. The molecule has 0 unspecified atom stereocenters. The van der Waals surface area contributed by atoms with Crippen LogP contribution in [0.15, 0.2) is 25.8 Å². The SMILES string of the molecule is C=C.C=CC.CC.CC.CC.CC.CC.CC.CC.CC(C)C(C)C. The zero-order chi connectivity index (χ0) is 23.9. The van der Waals surface area contributed by atoms with Gasteiger partial charge >= 0.3 is 0 Å². The summed E-state index contributed by atoms with van der Waals surface area (Å²) in [5, 5.41) is 0. The van der Waals surface area contributed by atoms with E-state index in [1.807, 2.05) is 104 Å². The molecule has 0 heterocycles. The van der Waals surface area contributed by atoms with E-state index in [9.17, 15) is 0 Å². The summed E-state index contributed by atoms with van der Waals surface area (Å²) in [4.78, 5) is 0. The van der Waals surface area contributed by atoms with Crippen LogP contribution < -0.4 is 0 Å². The largest absolute Gasteiger partial charge is 0.106 e. The van der Waals surface area contributed by atoms with Crippen molar-refractivity contribution in [3.8, 4) is 0 Å². The monoisotopic (exact) mass is 367 g/mol. The third kappa shape index (κ3) is 895. The Morgan fingerprint density at radius 2 is 0.480 bits per heavy atom. The van der Waals surface area contributed by atoms with Gasteiger partial charge in [-0.15, -0.1) is 19.7 Å². The summed E-state index contributed by atoms with van der Waals surface area (Å²) in [6, 6.07) is 0. The fourth-order valence-corrected chi connectivity index (χ4v) is 0. The van der Waals surface area contributed by atoms with Gasteiger partial charge in [0.15, 0.2) is 0 Å². The van der Waals surface area contributed by atoms with Crippen LogP contribution in [0.5, 0.6) is 0 Å². The molecule has 0 saturated heterocycles. The molecular weight excluding hydrogens is 300 g/mol. The first-order chi connectivity index (χ1) is 12.1. The van der Waals surface area contributed by atoms with Crippen molar-refractivity contribution in [1.82, 2.24) is 0 Å². The molecule has 0 aromatic rings. The Balaban J connectivity index is -0.0000000132. The van der Waals surface area contributed by atoms with Gasteiger partial charge in [0.1, 0.15) is 0 Å². The Hall–Kier alpha value is -0.520. The zero-order valence-electron chi connectivity index (χ0n) is 22.9. The lowest BCUT2D eigenvalue weighted by Crippen LogP contribution is -1.95. The van der Waals surface area contributed by atoms with Crippen LogP contribution in [0.1, 0.15) is 132 Å². The highest BCUT2D eigenvalue weighted by atomic mass is 14.0. The first-order valence-electron chi connectivity index (χ1n) is 11.1. The second-order valence-electron chi connectivity index (χ2n) is 2.90. The zero-order valence-corrected chi connectivity index (χ0v) is 22.9. The number of rotatable bonds is 1. The molecule has 0 aromatic heterocycles. The second-order valence-corrected chi connectivity index (χ2v) is 2.90. The van der Waals surface area contributed by atoms with Crippen molar-refractivity contribution in [2.45, 2.75) is 132 Å². The highest BCUT2D eigenvalue weighted by Gasteiger charge is 1.95. The van der Waals surface area contributed by atoms with Gasteiger partial charge in [0, 0.05) is 0 Å². The van der Waals surface area contributed by atoms with Gasteiger partial charge in [0.05, 0.1) is 0 Å². The smallest absolute Gasteiger partial charge is 0.0448 e. The van der Waals surface area contributed by atoms with Crippen molar-refractivity contribution in [3.05, 3.63) is 25.8 Å². The molecule has 0 aromatic carbocycles. The Labute approximate surface area is 169 Å². The summed E-state index contributed by atoms with van der Waals surface area (Å²) in [5.74, 6) is 1.70. The van der Waals surface area contributed by atoms with Crippen LogP contribution >= 0.6 is 0 Å². The van der Waals surface area contributed by atoms with E-state index in [1.54, 1.807) is 6.08 Å². The Morgan fingerprint density at radius 1 is 0.440 bits per heavy atom. The molecule has 0 nitrogen and oxygen atoms in total. The molecule has 0 radical (unpaired) electrons. The second kappa shape index (κ2) is 283. The van der Waals surface area contributed by atoms with E-state index < -0.39 is 0 Å². The fraction of sp³-hybridized carbons (Fsp3) is 0.840. The molecule has 0 aliphatic heterocycles. The van der Waals surface area contributed by atoms with Gasteiger partial charge in [-0.3, -0.25) is 0 Å². The van der Waals surface area contributed by atoms with Crippen LogP contribution in [0, 0.1) is 11.8 Å². The number of hydrogen-bond acceptors (Lipinski definition) is 0. The highest BCUT2D eigenvalue weighted by molar-refractivity contribution is 4.51. The minimum atomic E-state index is 0.852. The Kier molecular flexibility index (Phi) is 728. The van der Waals surface area contributed by atoms with E-state index in [0.717, 1.165) is 11.8 Å². The maximum atomic E-state index is 3.36. The molecule has 0 amide bonds. The van der Waals surface area contributed by atoms with Crippen molar-refractivity contribution >= 4 is 0 Å². The first-order valence-corrected chi connectivity index (χ1v) is 11.1. The molecule has 166 valence electrons. The van der Waals surface area contributed by atoms with Crippen molar-refractivity contribution in [2.24, 2.45) is 11.8 Å². The van der Waals surface area contributed by atoms with E-state index in [0.29, 0.717) is 0 Å². The van der Waals surface area contributed by atoms with E-state index in [1.165, 1.54) is 0 Å². The van der Waals surface area contributed by atoms with Gasteiger partial charge in [-0.05, 0) is 18.8 Å². The molecule has 25 heavy (non-hydrogen) atoms. The maximum Gasteiger partial charge on any atom is -0.0448 e.